The molecule has 6 heteroatoms. The van der Waals surface area contributed by atoms with Crippen LogP contribution in [-0.4, -0.2) is 11.0 Å². The zero-order valence-electron chi connectivity index (χ0n) is 12.8. The summed E-state index contributed by atoms with van der Waals surface area (Å²) in [6.07, 6.45) is 0. The molecule has 0 saturated carbocycles. The number of fused-ring (bicyclic) bond motifs is 1. The van der Waals surface area contributed by atoms with Crippen molar-refractivity contribution in [3.63, 3.8) is 0 Å². The van der Waals surface area contributed by atoms with Gasteiger partial charge in [-0.3, -0.25) is 15.0 Å². The first-order valence-corrected chi connectivity index (χ1v) is 7.04. The van der Waals surface area contributed by atoms with Crippen molar-refractivity contribution in [1.82, 2.24) is 0 Å². The van der Waals surface area contributed by atoms with Crippen LogP contribution in [0.15, 0.2) is 43.0 Å². The number of benzene rings is 2. The Balaban J connectivity index is 2.09. The van der Waals surface area contributed by atoms with Crippen LogP contribution in [0.3, 0.4) is 0 Å². The van der Waals surface area contributed by atoms with Gasteiger partial charge in [0.1, 0.15) is 0 Å². The zero-order chi connectivity index (χ0) is 16.7. The monoisotopic (exact) mass is 309 g/mol. The number of non-ortho nitro benzene ring substituents is 1. The number of aryl methyl sites for hydroxylation is 2. The van der Waals surface area contributed by atoms with Gasteiger partial charge in [0.15, 0.2) is 0 Å². The molecular formula is C17H15N3O3. The van der Waals surface area contributed by atoms with E-state index in [1.54, 1.807) is 12.1 Å². The highest BCUT2D eigenvalue weighted by Crippen LogP contribution is 2.36. The van der Waals surface area contributed by atoms with Crippen molar-refractivity contribution in [3.8, 4) is 0 Å². The van der Waals surface area contributed by atoms with Crippen LogP contribution in [0.2, 0.25) is 0 Å². The van der Waals surface area contributed by atoms with Crippen LogP contribution in [0.25, 0.3) is 5.70 Å². The predicted molar refractivity (Wildman–Crippen MR) is 89.5 cm³/mol. The summed E-state index contributed by atoms with van der Waals surface area (Å²) in [6.45, 7) is 7.96. The van der Waals surface area contributed by atoms with Gasteiger partial charge in [-0.1, -0.05) is 12.6 Å². The van der Waals surface area contributed by atoms with Crippen molar-refractivity contribution in [2.45, 2.75) is 13.8 Å². The maximum Gasteiger partial charge on any atom is 0.330 e. The molecular weight excluding hydrogens is 294 g/mol. The van der Waals surface area contributed by atoms with Gasteiger partial charge in [-0.2, -0.15) is 0 Å². The molecule has 116 valence electrons. The van der Waals surface area contributed by atoms with Crippen molar-refractivity contribution in [2.75, 3.05) is 10.2 Å². The van der Waals surface area contributed by atoms with Crippen molar-refractivity contribution < 1.29 is 9.72 Å². The predicted octanol–water partition coefficient (Wildman–Crippen LogP) is 4.23. The summed E-state index contributed by atoms with van der Waals surface area (Å²) < 4.78 is 0. The summed E-state index contributed by atoms with van der Waals surface area (Å²) in [6, 6.07) is 9.40. The summed E-state index contributed by atoms with van der Waals surface area (Å²) in [4.78, 5) is 24.2. The van der Waals surface area contributed by atoms with E-state index in [-0.39, 0.29) is 11.7 Å². The average Bonchev–Trinajstić information content (AvgIpc) is 2.50. The molecule has 6 nitrogen and oxygen atoms in total. The topological polar surface area (TPSA) is 75.5 Å². The second kappa shape index (κ2) is 5.24. The number of carbonyl (C=O) groups is 1. The lowest BCUT2D eigenvalue weighted by atomic mass is 9.99. The molecule has 2 amide bonds. The Bertz CT molecular complexity index is 858. The summed E-state index contributed by atoms with van der Waals surface area (Å²) in [5.41, 5.74) is 4.48. The second-order valence-corrected chi connectivity index (χ2v) is 5.47. The molecule has 1 N–H and O–H groups in total. The third kappa shape index (κ3) is 2.44. The molecule has 1 heterocycles. The molecule has 2 aromatic rings. The zero-order valence-corrected chi connectivity index (χ0v) is 12.8. The number of anilines is 2. The van der Waals surface area contributed by atoms with Gasteiger partial charge in [0.2, 0.25) is 0 Å². The number of hydrogen-bond donors (Lipinski definition) is 1. The minimum atomic E-state index is -0.491. The molecule has 0 unspecified atom stereocenters. The summed E-state index contributed by atoms with van der Waals surface area (Å²) >= 11 is 0. The molecule has 23 heavy (non-hydrogen) atoms. The number of nitrogens with zero attached hydrogens (tertiary/aromatic N) is 2. The van der Waals surface area contributed by atoms with Crippen LogP contribution >= 0.6 is 0 Å². The Labute approximate surface area is 133 Å². The van der Waals surface area contributed by atoms with Gasteiger partial charge in [0.05, 0.1) is 22.0 Å². The number of nitrogens with one attached hydrogen (secondary N) is 1. The Morgan fingerprint density at radius 1 is 1.17 bits per heavy atom. The van der Waals surface area contributed by atoms with E-state index in [1.807, 2.05) is 26.0 Å². The highest BCUT2D eigenvalue weighted by atomic mass is 16.6. The number of nitro groups is 1. The number of rotatable bonds is 2. The van der Waals surface area contributed by atoms with Crippen molar-refractivity contribution in [3.05, 3.63) is 69.8 Å². The Morgan fingerprint density at radius 3 is 2.57 bits per heavy atom. The van der Waals surface area contributed by atoms with E-state index < -0.39 is 4.92 Å². The van der Waals surface area contributed by atoms with Crippen molar-refractivity contribution in [1.29, 1.82) is 0 Å². The van der Waals surface area contributed by atoms with E-state index in [4.69, 9.17) is 0 Å². The normalized spacial score (nSPS) is 13.6. The standard InChI is InChI=1S/C17H15N3O3/c1-10-7-15-12(3)19(17(21)18-16(15)8-11(10)2)13-5-4-6-14(9-13)20(22)23/h4-9H,3H2,1-2H3,(H,18,21). The minimum absolute atomic E-state index is 0.0750. The summed E-state index contributed by atoms with van der Waals surface area (Å²) in [5.74, 6) is 0. The smallest absolute Gasteiger partial charge is 0.307 e. The van der Waals surface area contributed by atoms with Crippen LogP contribution < -0.4 is 10.2 Å². The fourth-order valence-corrected chi connectivity index (χ4v) is 2.59. The first-order valence-electron chi connectivity index (χ1n) is 7.04. The molecule has 0 radical (unpaired) electrons. The van der Waals surface area contributed by atoms with Crippen LogP contribution in [0.4, 0.5) is 21.9 Å². The van der Waals surface area contributed by atoms with Gasteiger partial charge >= 0.3 is 6.03 Å². The molecule has 0 bridgehead atoms. The molecule has 0 fully saturated rings. The molecule has 0 atom stereocenters. The maximum atomic E-state index is 12.4. The quantitative estimate of drug-likeness (QED) is 0.666. The highest BCUT2D eigenvalue weighted by Gasteiger charge is 2.28. The third-order valence-corrected chi connectivity index (χ3v) is 3.96. The number of hydrogen-bond acceptors (Lipinski definition) is 3. The fourth-order valence-electron chi connectivity index (χ4n) is 2.59. The Kier molecular flexibility index (Phi) is 3.37. The molecule has 1 aliphatic rings. The van der Waals surface area contributed by atoms with Gasteiger partial charge in [-0.25, -0.2) is 4.79 Å². The molecule has 0 aromatic heterocycles. The van der Waals surface area contributed by atoms with E-state index in [0.29, 0.717) is 17.1 Å². The van der Waals surface area contributed by atoms with Crippen molar-refractivity contribution in [2.24, 2.45) is 0 Å². The molecule has 2 aromatic carbocycles. The van der Waals surface area contributed by atoms with Gasteiger partial charge in [-0.15, -0.1) is 0 Å². The average molecular weight is 309 g/mol. The molecule has 0 saturated heterocycles. The number of nitro benzene ring substituents is 1. The maximum absolute atomic E-state index is 12.4. The van der Waals surface area contributed by atoms with Gasteiger partial charge in [-0.05, 0) is 43.2 Å². The summed E-state index contributed by atoms with van der Waals surface area (Å²) in [7, 11) is 0. The van der Waals surface area contributed by atoms with E-state index in [2.05, 4.69) is 11.9 Å². The fraction of sp³-hybridized carbons (Fsp3) is 0.118. The number of carbonyl (C=O) groups excluding carboxylic acids is 1. The Hall–Kier alpha value is -3.15. The van der Waals surface area contributed by atoms with Crippen LogP contribution in [0.1, 0.15) is 16.7 Å². The SMILES string of the molecule is C=C1c2cc(C)c(C)cc2NC(=O)N1c1cccc([N+](=O)[O-])c1. The van der Waals surface area contributed by atoms with E-state index in [1.165, 1.54) is 17.0 Å². The Morgan fingerprint density at radius 2 is 1.87 bits per heavy atom. The highest BCUT2D eigenvalue weighted by molar-refractivity contribution is 6.16. The number of amides is 2. The molecule has 0 spiro atoms. The lowest BCUT2D eigenvalue weighted by molar-refractivity contribution is -0.384. The van der Waals surface area contributed by atoms with Crippen LogP contribution in [0, 0.1) is 24.0 Å². The molecule has 3 rings (SSSR count). The molecule has 1 aliphatic heterocycles. The number of urea groups is 1. The third-order valence-electron chi connectivity index (χ3n) is 3.96. The minimum Gasteiger partial charge on any atom is -0.307 e. The van der Waals surface area contributed by atoms with Crippen LogP contribution in [0.5, 0.6) is 0 Å². The summed E-state index contributed by atoms with van der Waals surface area (Å²) in [5, 5.41) is 13.8. The van der Waals surface area contributed by atoms with Gasteiger partial charge in [0, 0.05) is 17.7 Å². The van der Waals surface area contributed by atoms with Crippen LogP contribution in [-0.2, 0) is 0 Å². The lowest BCUT2D eigenvalue weighted by Gasteiger charge is -2.31. The van der Waals surface area contributed by atoms with E-state index >= 15 is 0 Å². The van der Waals surface area contributed by atoms with Gasteiger partial charge < -0.3 is 5.32 Å². The lowest BCUT2D eigenvalue weighted by Crippen LogP contribution is -2.37. The van der Waals surface area contributed by atoms with Crippen molar-refractivity contribution >= 4 is 28.8 Å². The first-order chi connectivity index (χ1) is 10.9. The van der Waals surface area contributed by atoms with E-state index in [0.717, 1.165) is 16.7 Å². The van der Waals surface area contributed by atoms with Gasteiger partial charge in [0.25, 0.3) is 5.69 Å². The first kappa shape index (κ1) is 14.8. The van der Waals surface area contributed by atoms with E-state index in [9.17, 15) is 14.9 Å². The second-order valence-electron chi connectivity index (χ2n) is 5.47. The molecule has 0 aliphatic carbocycles. The largest absolute Gasteiger partial charge is 0.330 e.